The maximum atomic E-state index is 12.0. The molecule has 1 aromatic rings. The molecule has 2 atom stereocenters. The van der Waals surface area contributed by atoms with Gasteiger partial charge in [-0.1, -0.05) is 6.92 Å². The minimum Gasteiger partial charge on any atom is -0.297 e. The lowest BCUT2D eigenvalue weighted by Gasteiger charge is -2.16. The number of carbonyl (C=O) groups excluding carboxylic acids is 2. The van der Waals surface area contributed by atoms with Crippen LogP contribution in [0, 0.1) is 0 Å². The van der Waals surface area contributed by atoms with E-state index in [0.717, 1.165) is 11.4 Å². The van der Waals surface area contributed by atoms with Gasteiger partial charge in [-0.15, -0.1) is 11.3 Å². The Kier molecular flexibility index (Phi) is 4.31. The molecule has 2 unspecified atom stereocenters. The quantitative estimate of drug-likeness (QED) is 0.831. The summed E-state index contributed by atoms with van der Waals surface area (Å²) in [7, 11) is 0. The van der Waals surface area contributed by atoms with Crippen LogP contribution in [0.2, 0.25) is 0 Å². The Morgan fingerprint density at radius 3 is 2.79 bits per heavy atom. The van der Waals surface area contributed by atoms with Crippen LogP contribution in [0.1, 0.15) is 43.1 Å². The Hall–Kier alpha value is -1.27. The van der Waals surface area contributed by atoms with Crippen LogP contribution in [0.25, 0.3) is 0 Å². The van der Waals surface area contributed by atoms with Crippen molar-refractivity contribution in [3.63, 3.8) is 0 Å². The summed E-state index contributed by atoms with van der Waals surface area (Å²) in [5.74, 6) is -0.211. The van der Waals surface area contributed by atoms with Crippen LogP contribution in [0.15, 0.2) is 6.20 Å². The normalized spacial score (nSPS) is 21.2. The number of likely N-dealkylation sites (N-methyl/N-ethyl adjacent to an activating group) is 1. The number of thiazole rings is 1. The summed E-state index contributed by atoms with van der Waals surface area (Å²) in [5, 5.41) is 4.18. The molecule has 104 valence electrons. The number of hydrogen-bond acceptors (Lipinski definition) is 5. The molecule has 0 bridgehead atoms. The van der Waals surface area contributed by atoms with Crippen LogP contribution < -0.4 is 5.32 Å². The number of aryl methyl sites for hydroxylation is 1. The fourth-order valence-electron chi connectivity index (χ4n) is 2.20. The van der Waals surface area contributed by atoms with Gasteiger partial charge < -0.3 is 0 Å². The van der Waals surface area contributed by atoms with E-state index in [1.54, 1.807) is 11.3 Å². The van der Waals surface area contributed by atoms with E-state index in [1.165, 1.54) is 9.78 Å². The topological polar surface area (TPSA) is 62.3 Å². The number of hydrogen-bond donors (Lipinski definition) is 1. The number of carbonyl (C=O) groups is 2. The number of nitrogens with zero attached hydrogens (tertiary/aromatic N) is 2. The number of aromatic nitrogens is 1. The van der Waals surface area contributed by atoms with Crippen molar-refractivity contribution < 1.29 is 9.59 Å². The first kappa shape index (κ1) is 14.1. The predicted molar refractivity (Wildman–Crippen MR) is 73.8 cm³/mol. The lowest BCUT2D eigenvalue weighted by atomic mass is 10.2. The highest BCUT2D eigenvalue weighted by Gasteiger charge is 2.38. The van der Waals surface area contributed by atoms with Gasteiger partial charge in [-0.05, 0) is 20.3 Å². The minimum absolute atomic E-state index is 0.0103. The van der Waals surface area contributed by atoms with Gasteiger partial charge in [0.05, 0.1) is 18.5 Å². The zero-order valence-corrected chi connectivity index (χ0v) is 12.3. The second-order valence-corrected chi connectivity index (χ2v) is 5.79. The molecule has 5 nitrogen and oxygen atoms in total. The van der Waals surface area contributed by atoms with Gasteiger partial charge in [0.25, 0.3) is 0 Å². The second kappa shape index (κ2) is 5.79. The van der Waals surface area contributed by atoms with Gasteiger partial charge in [0, 0.05) is 17.6 Å². The highest BCUT2D eigenvalue weighted by atomic mass is 32.1. The summed E-state index contributed by atoms with van der Waals surface area (Å²) < 4.78 is 0. The molecule has 1 fully saturated rings. The van der Waals surface area contributed by atoms with Gasteiger partial charge in [-0.2, -0.15) is 0 Å². The van der Waals surface area contributed by atoms with Crippen LogP contribution in [0.3, 0.4) is 0 Å². The molecule has 2 heterocycles. The molecule has 2 rings (SSSR count). The predicted octanol–water partition coefficient (Wildman–Crippen LogP) is 1.50. The summed E-state index contributed by atoms with van der Waals surface area (Å²) in [6.07, 6.45) is 3.09. The standard InChI is InChI=1S/C13H19N3O2S/c1-4-9-7-14-12(19-9)8(3)15-10-6-11(17)16(5-2)13(10)18/h7-8,10,15H,4-6H2,1-3H3. The fourth-order valence-corrected chi connectivity index (χ4v) is 3.07. The summed E-state index contributed by atoms with van der Waals surface area (Å²) in [6, 6.07) is -0.416. The van der Waals surface area contributed by atoms with Crippen LogP contribution in [0.4, 0.5) is 0 Å². The minimum atomic E-state index is -0.406. The maximum absolute atomic E-state index is 12.0. The summed E-state index contributed by atoms with van der Waals surface area (Å²) in [4.78, 5) is 30.5. The number of nitrogens with one attached hydrogen (secondary N) is 1. The molecular formula is C13H19N3O2S. The van der Waals surface area contributed by atoms with E-state index >= 15 is 0 Å². The Morgan fingerprint density at radius 1 is 1.53 bits per heavy atom. The van der Waals surface area contributed by atoms with Crippen molar-refractivity contribution in [2.45, 2.75) is 45.7 Å². The fraction of sp³-hybridized carbons (Fsp3) is 0.615. The first-order chi connectivity index (χ1) is 9.06. The molecule has 1 N–H and O–H groups in total. The number of amides is 2. The van der Waals surface area contributed by atoms with E-state index in [1.807, 2.05) is 20.0 Å². The number of imide groups is 1. The van der Waals surface area contributed by atoms with Crippen molar-refractivity contribution >= 4 is 23.2 Å². The molecule has 19 heavy (non-hydrogen) atoms. The highest BCUT2D eigenvalue weighted by molar-refractivity contribution is 7.11. The zero-order chi connectivity index (χ0) is 14.0. The summed E-state index contributed by atoms with van der Waals surface area (Å²) in [6.45, 7) is 6.33. The highest BCUT2D eigenvalue weighted by Crippen LogP contribution is 2.22. The van der Waals surface area contributed by atoms with Crippen LogP contribution in [-0.2, 0) is 16.0 Å². The van der Waals surface area contributed by atoms with Gasteiger partial charge in [0.1, 0.15) is 5.01 Å². The number of rotatable bonds is 5. The molecule has 0 spiro atoms. The SMILES string of the molecule is CCc1cnc(C(C)NC2CC(=O)N(CC)C2=O)s1. The van der Waals surface area contributed by atoms with Gasteiger partial charge in [0.2, 0.25) is 11.8 Å². The molecule has 0 saturated carbocycles. The Morgan fingerprint density at radius 2 is 2.26 bits per heavy atom. The number of likely N-dealkylation sites (tertiary alicyclic amines) is 1. The molecule has 0 radical (unpaired) electrons. The zero-order valence-electron chi connectivity index (χ0n) is 11.5. The van der Waals surface area contributed by atoms with E-state index in [4.69, 9.17) is 0 Å². The molecular weight excluding hydrogens is 262 g/mol. The van der Waals surface area contributed by atoms with Crippen LogP contribution >= 0.6 is 11.3 Å². The molecule has 0 aromatic carbocycles. The van der Waals surface area contributed by atoms with Crippen molar-refractivity contribution in [1.29, 1.82) is 0 Å². The monoisotopic (exact) mass is 281 g/mol. The van der Waals surface area contributed by atoms with E-state index in [9.17, 15) is 9.59 Å². The van der Waals surface area contributed by atoms with E-state index in [2.05, 4.69) is 17.2 Å². The average Bonchev–Trinajstić information content (AvgIpc) is 2.95. The van der Waals surface area contributed by atoms with Gasteiger partial charge >= 0.3 is 0 Å². The first-order valence-electron chi connectivity index (χ1n) is 6.61. The molecule has 0 aliphatic carbocycles. The Balaban J connectivity index is 2.01. The van der Waals surface area contributed by atoms with Crippen molar-refractivity contribution in [2.75, 3.05) is 6.54 Å². The third-order valence-electron chi connectivity index (χ3n) is 3.30. The van der Waals surface area contributed by atoms with Crippen LogP contribution in [-0.4, -0.2) is 34.3 Å². The molecule has 1 aromatic heterocycles. The van der Waals surface area contributed by atoms with Gasteiger partial charge in [-0.3, -0.25) is 19.8 Å². The Labute approximate surface area is 117 Å². The van der Waals surface area contributed by atoms with Crippen molar-refractivity contribution in [3.05, 3.63) is 16.1 Å². The van der Waals surface area contributed by atoms with E-state index in [0.29, 0.717) is 6.54 Å². The summed E-state index contributed by atoms with van der Waals surface area (Å²) >= 11 is 1.65. The smallest absolute Gasteiger partial charge is 0.246 e. The van der Waals surface area contributed by atoms with Crippen molar-refractivity contribution in [2.24, 2.45) is 0 Å². The van der Waals surface area contributed by atoms with Gasteiger partial charge in [0.15, 0.2) is 0 Å². The Bertz CT molecular complexity index is 486. The largest absolute Gasteiger partial charge is 0.297 e. The molecule has 2 amide bonds. The lowest BCUT2D eigenvalue weighted by Crippen LogP contribution is -2.39. The first-order valence-corrected chi connectivity index (χ1v) is 7.43. The van der Waals surface area contributed by atoms with Crippen molar-refractivity contribution in [3.8, 4) is 0 Å². The molecule has 1 aliphatic rings. The van der Waals surface area contributed by atoms with Gasteiger partial charge in [-0.25, -0.2) is 4.98 Å². The molecule has 1 aliphatic heterocycles. The third kappa shape index (κ3) is 2.84. The van der Waals surface area contributed by atoms with E-state index < -0.39 is 6.04 Å². The van der Waals surface area contributed by atoms with Crippen molar-refractivity contribution in [1.82, 2.24) is 15.2 Å². The maximum Gasteiger partial charge on any atom is 0.246 e. The molecule has 6 heteroatoms. The molecule has 1 saturated heterocycles. The second-order valence-electron chi connectivity index (χ2n) is 4.64. The lowest BCUT2D eigenvalue weighted by molar-refractivity contribution is -0.138. The van der Waals surface area contributed by atoms with E-state index in [-0.39, 0.29) is 24.3 Å². The third-order valence-corrected chi connectivity index (χ3v) is 4.63. The van der Waals surface area contributed by atoms with Crippen LogP contribution in [0.5, 0.6) is 0 Å². The average molecular weight is 281 g/mol. The summed E-state index contributed by atoms with van der Waals surface area (Å²) in [5.41, 5.74) is 0.